The average Bonchev–Trinajstić information content (AvgIpc) is 3.09. The molecule has 1 amide bonds. The number of rotatable bonds is 5. The minimum absolute atomic E-state index is 0.170. The molecule has 5 nitrogen and oxygen atoms in total. The van der Waals surface area contributed by atoms with E-state index in [1.165, 1.54) is 6.08 Å². The van der Waals surface area contributed by atoms with Crippen LogP contribution in [0.15, 0.2) is 65.2 Å². The van der Waals surface area contributed by atoms with E-state index in [0.717, 1.165) is 11.1 Å². The van der Waals surface area contributed by atoms with E-state index in [2.05, 4.69) is 15.5 Å². The molecule has 2 aromatic carbocycles. The first kappa shape index (κ1) is 16.0. The van der Waals surface area contributed by atoms with Crippen molar-refractivity contribution >= 4 is 23.6 Å². The summed E-state index contributed by atoms with van der Waals surface area (Å²) in [5.41, 5.74) is 1.75. The maximum Gasteiger partial charge on any atom is 0.246 e. The van der Waals surface area contributed by atoms with Crippen LogP contribution in [0.4, 0.5) is 0 Å². The van der Waals surface area contributed by atoms with Gasteiger partial charge in [-0.05, 0) is 23.8 Å². The Morgan fingerprint density at radius 1 is 1.12 bits per heavy atom. The number of carbonyl (C=O) groups excluding carboxylic acids is 1. The van der Waals surface area contributed by atoms with Gasteiger partial charge in [-0.15, -0.1) is 0 Å². The Labute approximate surface area is 144 Å². The summed E-state index contributed by atoms with van der Waals surface area (Å²) in [5.74, 6) is 0.600. The Balaban J connectivity index is 1.55. The third-order valence-electron chi connectivity index (χ3n) is 3.21. The lowest BCUT2D eigenvalue weighted by Gasteiger charge is -1.97. The van der Waals surface area contributed by atoms with Gasteiger partial charge in [-0.25, -0.2) is 0 Å². The van der Waals surface area contributed by atoms with Crippen LogP contribution in [-0.4, -0.2) is 16.0 Å². The largest absolute Gasteiger partial charge is 0.343 e. The highest BCUT2D eigenvalue weighted by Gasteiger charge is 2.08. The van der Waals surface area contributed by atoms with Crippen LogP contribution in [0.3, 0.4) is 0 Å². The second kappa shape index (κ2) is 7.57. The number of aromatic nitrogens is 2. The third-order valence-corrected chi connectivity index (χ3v) is 3.46. The SMILES string of the molecule is O=C(/C=C/c1ccc(Cl)cc1)NCc1nc(-c2ccccc2)no1. The first-order valence-corrected chi connectivity index (χ1v) is 7.68. The van der Waals surface area contributed by atoms with Gasteiger partial charge in [0.05, 0.1) is 6.54 Å². The molecular formula is C18H14ClN3O2. The van der Waals surface area contributed by atoms with Crippen molar-refractivity contribution in [3.8, 4) is 11.4 Å². The standard InChI is InChI=1S/C18H14ClN3O2/c19-15-9-6-13(7-10-15)8-11-16(23)20-12-17-21-18(22-24-17)14-4-2-1-3-5-14/h1-11H,12H2,(H,20,23)/b11-8+. The topological polar surface area (TPSA) is 68.0 Å². The van der Waals surface area contributed by atoms with E-state index >= 15 is 0 Å². The summed E-state index contributed by atoms with van der Waals surface area (Å²) >= 11 is 5.81. The van der Waals surface area contributed by atoms with Crippen LogP contribution in [0.2, 0.25) is 5.02 Å². The molecule has 3 aromatic rings. The van der Waals surface area contributed by atoms with Crippen molar-refractivity contribution in [1.29, 1.82) is 0 Å². The Bertz CT molecular complexity index is 842. The fourth-order valence-corrected chi connectivity index (χ4v) is 2.12. The third kappa shape index (κ3) is 4.30. The molecule has 0 aliphatic heterocycles. The van der Waals surface area contributed by atoms with Crippen molar-refractivity contribution < 1.29 is 9.32 Å². The van der Waals surface area contributed by atoms with Gasteiger partial charge in [0.2, 0.25) is 17.6 Å². The molecule has 0 unspecified atom stereocenters. The smallest absolute Gasteiger partial charge is 0.246 e. The monoisotopic (exact) mass is 339 g/mol. The fourth-order valence-electron chi connectivity index (χ4n) is 2.00. The molecule has 1 aromatic heterocycles. The number of nitrogens with one attached hydrogen (secondary N) is 1. The first-order chi connectivity index (χ1) is 11.7. The molecule has 1 heterocycles. The van der Waals surface area contributed by atoms with Crippen LogP contribution in [0.25, 0.3) is 17.5 Å². The summed E-state index contributed by atoms with van der Waals surface area (Å²) in [6, 6.07) is 16.7. The number of hydrogen-bond donors (Lipinski definition) is 1. The van der Waals surface area contributed by atoms with Gasteiger partial charge in [-0.3, -0.25) is 4.79 Å². The van der Waals surface area contributed by atoms with Gasteiger partial charge in [0, 0.05) is 16.7 Å². The van der Waals surface area contributed by atoms with E-state index in [1.807, 2.05) is 42.5 Å². The van der Waals surface area contributed by atoms with E-state index < -0.39 is 0 Å². The molecule has 0 radical (unpaired) electrons. The second-order valence-corrected chi connectivity index (χ2v) is 5.42. The highest BCUT2D eigenvalue weighted by atomic mass is 35.5. The van der Waals surface area contributed by atoms with Crippen molar-refractivity contribution in [2.24, 2.45) is 0 Å². The van der Waals surface area contributed by atoms with Crippen molar-refractivity contribution in [2.75, 3.05) is 0 Å². The molecule has 0 spiro atoms. The predicted octanol–water partition coefficient (Wildman–Crippen LogP) is 3.72. The van der Waals surface area contributed by atoms with Crippen LogP contribution in [-0.2, 0) is 11.3 Å². The number of hydrogen-bond acceptors (Lipinski definition) is 4. The number of carbonyl (C=O) groups is 1. The molecule has 0 atom stereocenters. The highest BCUT2D eigenvalue weighted by molar-refractivity contribution is 6.30. The summed E-state index contributed by atoms with van der Waals surface area (Å²) in [5, 5.41) is 7.25. The van der Waals surface area contributed by atoms with Gasteiger partial charge >= 0.3 is 0 Å². The molecule has 0 aliphatic carbocycles. The first-order valence-electron chi connectivity index (χ1n) is 7.30. The minimum Gasteiger partial charge on any atom is -0.343 e. The zero-order chi connectivity index (χ0) is 16.8. The van der Waals surface area contributed by atoms with E-state index in [0.29, 0.717) is 16.7 Å². The van der Waals surface area contributed by atoms with Gasteiger partial charge in [-0.2, -0.15) is 4.98 Å². The molecule has 0 fully saturated rings. The summed E-state index contributed by atoms with van der Waals surface area (Å²) in [6.07, 6.45) is 3.15. The molecule has 24 heavy (non-hydrogen) atoms. The van der Waals surface area contributed by atoms with Crippen molar-refractivity contribution in [2.45, 2.75) is 6.54 Å². The van der Waals surface area contributed by atoms with Gasteiger partial charge in [0.15, 0.2) is 0 Å². The Kier molecular flexibility index (Phi) is 5.03. The number of benzene rings is 2. The molecule has 0 bridgehead atoms. The quantitative estimate of drug-likeness (QED) is 0.719. The van der Waals surface area contributed by atoms with Crippen molar-refractivity contribution in [1.82, 2.24) is 15.5 Å². The Hall–Kier alpha value is -2.92. The van der Waals surface area contributed by atoms with Crippen LogP contribution in [0, 0.1) is 0 Å². The van der Waals surface area contributed by atoms with Crippen LogP contribution >= 0.6 is 11.6 Å². The molecule has 120 valence electrons. The molecule has 0 saturated heterocycles. The van der Waals surface area contributed by atoms with Gasteiger partial charge < -0.3 is 9.84 Å². The Morgan fingerprint density at radius 2 is 1.88 bits per heavy atom. The van der Waals surface area contributed by atoms with E-state index in [4.69, 9.17) is 16.1 Å². The van der Waals surface area contributed by atoms with Gasteiger partial charge in [-0.1, -0.05) is 59.2 Å². The average molecular weight is 340 g/mol. The summed E-state index contributed by atoms with van der Waals surface area (Å²) in [7, 11) is 0. The minimum atomic E-state index is -0.246. The number of nitrogens with zero attached hydrogens (tertiary/aromatic N) is 2. The maximum atomic E-state index is 11.8. The van der Waals surface area contributed by atoms with E-state index in [-0.39, 0.29) is 12.5 Å². The van der Waals surface area contributed by atoms with E-state index in [9.17, 15) is 4.79 Å². The summed E-state index contributed by atoms with van der Waals surface area (Å²) < 4.78 is 5.13. The van der Waals surface area contributed by atoms with E-state index in [1.54, 1.807) is 18.2 Å². The molecule has 1 N–H and O–H groups in total. The maximum absolute atomic E-state index is 11.8. The summed E-state index contributed by atoms with van der Waals surface area (Å²) in [4.78, 5) is 16.1. The fraction of sp³-hybridized carbons (Fsp3) is 0.0556. The number of amides is 1. The lowest BCUT2D eigenvalue weighted by atomic mass is 10.2. The lowest BCUT2D eigenvalue weighted by molar-refractivity contribution is -0.116. The lowest BCUT2D eigenvalue weighted by Crippen LogP contribution is -2.20. The Morgan fingerprint density at radius 3 is 2.62 bits per heavy atom. The number of halogens is 1. The molecule has 6 heteroatoms. The second-order valence-electron chi connectivity index (χ2n) is 4.98. The molecular weight excluding hydrogens is 326 g/mol. The zero-order valence-corrected chi connectivity index (χ0v) is 13.4. The molecule has 0 saturated carbocycles. The highest BCUT2D eigenvalue weighted by Crippen LogP contribution is 2.14. The van der Waals surface area contributed by atoms with Gasteiger partial charge in [0.1, 0.15) is 0 Å². The van der Waals surface area contributed by atoms with Crippen LogP contribution in [0.5, 0.6) is 0 Å². The zero-order valence-electron chi connectivity index (χ0n) is 12.6. The normalized spacial score (nSPS) is 10.9. The van der Waals surface area contributed by atoms with Crippen LogP contribution < -0.4 is 5.32 Å². The van der Waals surface area contributed by atoms with Crippen LogP contribution in [0.1, 0.15) is 11.5 Å². The van der Waals surface area contributed by atoms with Gasteiger partial charge in [0.25, 0.3) is 0 Å². The van der Waals surface area contributed by atoms with Crippen molar-refractivity contribution in [3.63, 3.8) is 0 Å². The summed E-state index contributed by atoms with van der Waals surface area (Å²) in [6.45, 7) is 0.170. The predicted molar refractivity (Wildman–Crippen MR) is 92.1 cm³/mol. The molecule has 3 rings (SSSR count). The van der Waals surface area contributed by atoms with Crippen molar-refractivity contribution in [3.05, 3.63) is 77.2 Å². The molecule has 0 aliphatic rings.